The quantitative estimate of drug-likeness (QED) is 0.886. The summed E-state index contributed by atoms with van der Waals surface area (Å²) in [4.78, 5) is 0.322. The predicted octanol–water partition coefficient (Wildman–Crippen LogP) is 1.82. The van der Waals surface area contributed by atoms with E-state index in [4.69, 9.17) is 5.11 Å². The average molecular weight is 283 g/mol. The van der Waals surface area contributed by atoms with Crippen LogP contribution in [0.2, 0.25) is 0 Å². The molecule has 0 saturated heterocycles. The first-order valence-corrected chi connectivity index (χ1v) is 8.19. The van der Waals surface area contributed by atoms with Gasteiger partial charge in [-0.25, -0.2) is 13.1 Å². The molecule has 19 heavy (non-hydrogen) atoms. The van der Waals surface area contributed by atoms with Gasteiger partial charge in [-0.2, -0.15) is 0 Å². The zero-order chi connectivity index (χ0) is 13.9. The fraction of sp³-hybridized carbons (Fsp3) is 0.571. The summed E-state index contributed by atoms with van der Waals surface area (Å²) in [6.45, 7) is 2.14. The summed E-state index contributed by atoms with van der Waals surface area (Å²) in [6, 6.07) is 6.87. The summed E-state index contributed by atoms with van der Waals surface area (Å²) in [5.74, 6) is 0.333. The SMILES string of the molecule is Cc1ccc(S(=O)(=O)N[C@H]2CC[C@H](CO)CC2)cc1. The second-order valence-electron chi connectivity index (χ2n) is 5.33. The van der Waals surface area contributed by atoms with Gasteiger partial charge in [0.1, 0.15) is 0 Å². The Morgan fingerprint density at radius 1 is 1.16 bits per heavy atom. The molecule has 2 rings (SSSR count). The molecule has 0 spiro atoms. The minimum absolute atomic E-state index is 0.00546. The topological polar surface area (TPSA) is 66.4 Å². The van der Waals surface area contributed by atoms with Crippen LogP contribution in [-0.4, -0.2) is 26.2 Å². The molecule has 0 unspecified atom stereocenters. The van der Waals surface area contributed by atoms with Gasteiger partial charge in [0, 0.05) is 12.6 Å². The summed E-state index contributed by atoms with van der Waals surface area (Å²) in [5.41, 5.74) is 1.04. The van der Waals surface area contributed by atoms with Crippen molar-refractivity contribution >= 4 is 10.0 Å². The Morgan fingerprint density at radius 2 is 1.74 bits per heavy atom. The maximum atomic E-state index is 12.2. The highest BCUT2D eigenvalue weighted by molar-refractivity contribution is 7.89. The molecule has 1 aromatic carbocycles. The molecule has 0 radical (unpaired) electrons. The van der Waals surface area contributed by atoms with Gasteiger partial charge in [0.25, 0.3) is 0 Å². The van der Waals surface area contributed by atoms with Crippen LogP contribution in [0, 0.1) is 12.8 Å². The maximum Gasteiger partial charge on any atom is 0.240 e. The third-order valence-electron chi connectivity index (χ3n) is 3.76. The minimum Gasteiger partial charge on any atom is -0.396 e. The number of sulfonamides is 1. The molecule has 5 heteroatoms. The first kappa shape index (κ1) is 14.5. The maximum absolute atomic E-state index is 12.2. The van der Waals surface area contributed by atoms with Crippen LogP contribution in [0.25, 0.3) is 0 Å². The summed E-state index contributed by atoms with van der Waals surface area (Å²) >= 11 is 0. The second kappa shape index (κ2) is 6.03. The largest absolute Gasteiger partial charge is 0.396 e. The van der Waals surface area contributed by atoms with Gasteiger partial charge in [0.2, 0.25) is 10.0 Å². The summed E-state index contributed by atoms with van der Waals surface area (Å²) < 4.78 is 27.2. The Hall–Kier alpha value is -0.910. The normalized spacial score (nSPS) is 24.3. The molecule has 0 aromatic heterocycles. The first-order chi connectivity index (χ1) is 9.01. The van der Waals surface area contributed by atoms with E-state index in [1.807, 2.05) is 6.92 Å². The molecule has 2 N–H and O–H groups in total. The van der Waals surface area contributed by atoms with Crippen LogP contribution in [0.3, 0.4) is 0 Å². The highest BCUT2D eigenvalue weighted by Crippen LogP contribution is 2.25. The Kier molecular flexibility index (Phi) is 4.60. The number of hydrogen-bond donors (Lipinski definition) is 2. The van der Waals surface area contributed by atoms with Crippen LogP contribution < -0.4 is 4.72 Å². The first-order valence-electron chi connectivity index (χ1n) is 6.71. The molecule has 0 atom stereocenters. The number of hydrogen-bond acceptors (Lipinski definition) is 3. The van der Waals surface area contributed by atoms with Crippen molar-refractivity contribution in [1.82, 2.24) is 4.72 Å². The number of aliphatic hydroxyl groups is 1. The molecule has 0 bridgehead atoms. The molecular weight excluding hydrogens is 262 g/mol. The van der Waals surface area contributed by atoms with Gasteiger partial charge >= 0.3 is 0 Å². The van der Waals surface area contributed by atoms with Crippen molar-refractivity contribution in [3.63, 3.8) is 0 Å². The van der Waals surface area contributed by atoms with Gasteiger partial charge < -0.3 is 5.11 Å². The molecule has 1 fully saturated rings. The van der Waals surface area contributed by atoms with Gasteiger partial charge in [0.15, 0.2) is 0 Å². The van der Waals surface area contributed by atoms with E-state index in [1.54, 1.807) is 24.3 Å². The highest BCUT2D eigenvalue weighted by atomic mass is 32.2. The molecule has 1 aromatic rings. The molecule has 0 heterocycles. The van der Waals surface area contributed by atoms with Gasteiger partial charge in [-0.3, -0.25) is 0 Å². The van der Waals surface area contributed by atoms with Crippen molar-refractivity contribution < 1.29 is 13.5 Å². The number of aliphatic hydroxyl groups excluding tert-OH is 1. The summed E-state index contributed by atoms with van der Waals surface area (Å²) in [6.07, 6.45) is 3.38. The van der Waals surface area contributed by atoms with E-state index in [2.05, 4.69) is 4.72 Å². The third kappa shape index (κ3) is 3.78. The molecule has 1 aliphatic carbocycles. The summed E-state index contributed by atoms with van der Waals surface area (Å²) in [7, 11) is -3.41. The average Bonchev–Trinajstić information content (AvgIpc) is 2.40. The van der Waals surface area contributed by atoms with Gasteiger partial charge in [-0.05, 0) is 50.7 Å². The Morgan fingerprint density at radius 3 is 2.26 bits per heavy atom. The number of rotatable bonds is 4. The lowest BCUT2D eigenvalue weighted by Crippen LogP contribution is -2.38. The number of nitrogens with one attached hydrogen (secondary N) is 1. The lowest BCUT2D eigenvalue weighted by atomic mass is 9.87. The van der Waals surface area contributed by atoms with Gasteiger partial charge in [-0.1, -0.05) is 17.7 Å². The van der Waals surface area contributed by atoms with Crippen LogP contribution >= 0.6 is 0 Å². The molecule has 0 aliphatic heterocycles. The number of aryl methyl sites for hydroxylation is 1. The van der Waals surface area contributed by atoms with Crippen molar-refractivity contribution in [1.29, 1.82) is 0 Å². The van der Waals surface area contributed by atoms with Crippen LogP contribution in [0.4, 0.5) is 0 Å². The van der Waals surface area contributed by atoms with Gasteiger partial charge in [0.05, 0.1) is 4.90 Å². The standard InChI is InChI=1S/C14H21NO3S/c1-11-2-8-14(9-3-11)19(17,18)15-13-6-4-12(10-16)5-7-13/h2-3,8-9,12-13,15-16H,4-7,10H2,1H3/t12-,13-. The van der Waals surface area contributed by atoms with E-state index in [9.17, 15) is 8.42 Å². The van der Waals surface area contributed by atoms with Crippen LogP contribution in [0.5, 0.6) is 0 Å². The number of benzene rings is 1. The minimum atomic E-state index is -3.41. The molecule has 4 nitrogen and oxygen atoms in total. The second-order valence-corrected chi connectivity index (χ2v) is 7.05. The van der Waals surface area contributed by atoms with Crippen molar-refractivity contribution in [3.05, 3.63) is 29.8 Å². The van der Waals surface area contributed by atoms with Crippen LogP contribution in [0.15, 0.2) is 29.2 Å². The molecule has 0 amide bonds. The predicted molar refractivity (Wildman–Crippen MR) is 74.3 cm³/mol. The van der Waals surface area contributed by atoms with Gasteiger partial charge in [-0.15, -0.1) is 0 Å². The fourth-order valence-electron chi connectivity index (χ4n) is 2.47. The lowest BCUT2D eigenvalue weighted by molar-refractivity contribution is 0.180. The summed E-state index contributed by atoms with van der Waals surface area (Å²) in [5, 5.41) is 9.08. The third-order valence-corrected chi connectivity index (χ3v) is 5.29. The Balaban J connectivity index is 2.00. The molecule has 1 saturated carbocycles. The monoisotopic (exact) mass is 283 g/mol. The highest BCUT2D eigenvalue weighted by Gasteiger charge is 2.25. The van der Waals surface area contributed by atoms with E-state index < -0.39 is 10.0 Å². The van der Waals surface area contributed by atoms with E-state index >= 15 is 0 Å². The van der Waals surface area contributed by atoms with E-state index in [0.717, 1.165) is 31.2 Å². The molecule has 106 valence electrons. The molecular formula is C14H21NO3S. The Bertz CT molecular complexity index is 502. The van der Waals surface area contributed by atoms with Crippen molar-refractivity contribution in [2.75, 3.05) is 6.61 Å². The van der Waals surface area contributed by atoms with Crippen molar-refractivity contribution in [3.8, 4) is 0 Å². The smallest absolute Gasteiger partial charge is 0.240 e. The Labute approximate surface area is 114 Å². The van der Waals surface area contributed by atoms with Crippen molar-refractivity contribution in [2.24, 2.45) is 5.92 Å². The van der Waals surface area contributed by atoms with Crippen LogP contribution in [0.1, 0.15) is 31.2 Å². The zero-order valence-electron chi connectivity index (χ0n) is 11.2. The van der Waals surface area contributed by atoms with E-state index in [-0.39, 0.29) is 12.6 Å². The zero-order valence-corrected chi connectivity index (χ0v) is 12.0. The molecule has 1 aliphatic rings. The van der Waals surface area contributed by atoms with E-state index in [1.165, 1.54) is 0 Å². The van der Waals surface area contributed by atoms with Crippen molar-refractivity contribution in [2.45, 2.75) is 43.5 Å². The fourth-order valence-corrected chi connectivity index (χ4v) is 3.77. The lowest BCUT2D eigenvalue weighted by Gasteiger charge is -2.27. The van der Waals surface area contributed by atoms with Crippen LogP contribution in [-0.2, 0) is 10.0 Å². The van der Waals surface area contributed by atoms with E-state index in [0.29, 0.717) is 10.8 Å².